The van der Waals surface area contributed by atoms with Gasteiger partial charge in [-0.15, -0.1) is 0 Å². The highest BCUT2D eigenvalue weighted by atomic mass is 16.5. The Morgan fingerprint density at radius 1 is 1.21 bits per heavy atom. The van der Waals surface area contributed by atoms with E-state index in [2.05, 4.69) is 10.7 Å². The zero-order chi connectivity index (χ0) is 20.9. The van der Waals surface area contributed by atoms with Gasteiger partial charge in [0.25, 0.3) is 11.8 Å². The molecule has 1 aliphatic heterocycles. The van der Waals surface area contributed by atoms with E-state index >= 15 is 0 Å². The summed E-state index contributed by atoms with van der Waals surface area (Å²) in [4.78, 5) is 48.9. The van der Waals surface area contributed by atoms with Gasteiger partial charge < -0.3 is 14.5 Å². The van der Waals surface area contributed by atoms with Crippen LogP contribution >= 0.6 is 0 Å². The minimum atomic E-state index is -1.27. The van der Waals surface area contributed by atoms with E-state index in [1.54, 1.807) is 49.4 Å². The van der Waals surface area contributed by atoms with Gasteiger partial charge in [0.2, 0.25) is 0 Å². The molecule has 1 aromatic carbocycles. The molecule has 0 saturated carbocycles. The number of urea groups is 1. The number of furan rings is 1. The molecule has 1 saturated heterocycles. The number of esters is 1. The number of hydrogen-bond acceptors (Lipinski definition) is 6. The summed E-state index contributed by atoms with van der Waals surface area (Å²) in [5, 5.41) is 3.24. The third-order valence-electron chi connectivity index (χ3n) is 4.40. The molecule has 1 fully saturated rings. The lowest BCUT2D eigenvalue weighted by Crippen LogP contribution is -2.49. The molecule has 2 heterocycles. The van der Waals surface area contributed by atoms with Crippen LogP contribution in [0.15, 0.2) is 59.2 Å². The first kappa shape index (κ1) is 19.9. The van der Waals surface area contributed by atoms with Crippen LogP contribution in [0.5, 0.6) is 0 Å². The predicted octanol–water partition coefficient (Wildman–Crippen LogP) is 1.72. The van der Waals surface area contributed by atoms with Gasteiger partial charge in [0.05, 0.1) is 6.26 Å². The third kappa shape index (κ3) is 4.18. The van der Waals surface area contributed by atoms with Crippen molar-refractivity contribution in [2.24, 2.45) is 0 Å². The fourth-order valence-corrected chi connectivity index (χ4v) is 2.92. The number of carbonyl (C=O) groups is 4. The summed E-state index contributed by atoms with van der Waals surface area (Å²) in [5.74, 6) is -1.77. The molecule has 0 bridgehead atoms. The van der Waals surface area contributed by atoms with Gasteiger partial charge in [-0.05, 0) is 30.2 Å². The lowest BCUT2D eigenvalue weighted by atomic mass is 9.87. The maximum absolute atomic E-state index is 12.9. The summed E-state index contributed by atoms with van der Waals surface area (Å²) in [6, 6.07) is 11.3. The minimum Gasteiger partial charge on any atom is -0.465 e. The predicted molar refractivity (Wildman–Crippen MR) is 101 cm³/mol. The molecular formula is C20H19N3O6. The molecular weight excluding hydrogens is 378 g/mol. The van der Waals surface area contributed by atoms with Crippen LogP contribution in [0.25, 0.3) is 6.08 Å². The largest absolute Gasteiger partial charge is 0.465 e. The van der Waals surface area contributed by atoms with Crippen molar-refractivity contribution in [3.05, 3.63) is 66.1 Å². The van der Waals surface area contributed by atoms with Crippen molar-refractivity contribution in [1.82, 2.24) is 15.8 Å². The number of benzene rings is 1. The van der Waals surface area contributed by atoms with E-state index in [4.69, 9.17) is 9.15 Å². The van der Waals surface area contributed by atoms with E-state index in [-0.39, 0.29) is 0 Å². The van der Waals surface area contributed by atoms with Crippen LogP contribution in [0.1, 0.15) is 24.7 Å². The lowest BCUT2D eigenvalue weighted by Gasteiger charge is -2.25. The van der Waals surface area contributed by atoms with E-state index in [1.807, 2.05) is 0 Å². The highest BCUT2D eigenvalue weighted by molar-refractivity contribution is 6.08. The summed E-state index contributed by atoms with van der Waals surface area (Å²) >= 11 is 0. The van der Waals surface area contributed by atoms with Crippen molar-refractivity contribution in [3.63, 3.8) is 0 Å². The van der Waals surface area contributed by atoms with Crippen molar-refractivity contribution in [3.8, 4) is 0 Å². The van der Waals surface area contributed by atoms with Crippen molar-refractivity contribution in [2.45, 2.75) is 18.9 Å². The summed E-state index contributed by atoms with van der Waals surface area (Å²) < 4.78 is 9.82. The fourth-order valence-electron chi connectivity index (χ4n) is 2.92. The van der Waals surface area contributed by atoms with Crippen molar-refractivity contribution in [1.29, 1.82) is 0 Å². The Bertz CT molecular complexity index is 938. The average molecular weight is 397 g/mol. The second-order valence-electron chi connectivity index (χ2n) is 6.19. The van der Waals surface area contributed by atoms with Gasteiger partial charge in [-0.25, -0.2) is 9.59 Å². The van der Waals surface area contributed by atoms with E-state index in [0.717, 1.165) is 6.08 Å². The number of nitrogens with one attached hydrogen (secondary N) is 2. The molecule has 9 nitrogen and oxygen atoms in total. The second-order valence-corrected chi connectivity index (χ2v) is 6.19. The van der Waals surface area contributed by atoms with Gasteiger partial charge in [0, 0.05) is 6.08 Å². The van der Waals surface area contributed by atoms with Gasteiger partial charge >= 0.3 is 12.0 Å². The minimum absolute atomic E-state index is 0.292. The summed E-state index contributed by atoms with van der Waals surface area (Å²) in [6.45, 7) is 1.09. The molecule has 0 aliphatic carbocycles. The normalized spacial score (nSPS) is 18.7. The van der Waals surface area contributed by atoms with Gasteiger partial charge in [-0.3, -0.25) is 15.0 Å². The van der Waals surface area contributed by atoms with E-state index < -0.39 is 36.0 Å². The zero-order valence-electron chi connectivity index (χ0n) is 15.6. The lowest BCUT2D eigenvalue weighted by molar-refractivity contribution is -0.147. The SMILES string of the molecule is CC[C@]1(c2ccccc2)NC(=O)N(NC(=O)COC(=O)/C=C/c2ccco2)C1=O. The summed E-state index contributed by atoms with van der Waals surface area (Å²) in [7, 11) is 0. The Balaban J connectivity index is 1.59. The molecule has 2 aromatic rings. The Morgan fingerprint density at radius 2 is 1.97 bits per heavy atom. The molecule has 150 valence electrons. The van der Waals surface area contributed by atoms with Crippen LogP contribution in [-0.2, 0) is 24.7 Å². The van der Waals surface area contributed by atoms with Crippen molar-refractivity contribution in [2.75, 3.05) is 6.61 Å². The van der Waals surface area contributed by atoms with Crippen molar-refractivity contribution < 1.29 is 28.3 Å². The number of carbonyl (C=O) groups excluding carboxylic acids is 4. The van der Waals surface area contributed by atoms with Crippen LogP contribution in [-0.4, -0.2) is 35.4 Å². The first-order chi connectivity index (χ1) is 14.0. The highest BCUT2D eigenvalue weighted by Gasteiger charge is 2.52. The molecule has 1 aromatic heterocycles. The first-order valence-corrected chi connectivity index (χ1v) is 8.86. The maximum Gasteiger partial charge on any atom is 0.344 e. The van der Waals surface area contributed by atoms with Crippen LogP contribution in [0.3, 0.4) is 0 Å². The molecule has 2 N–H and O–H groups in total. The zero-order valence-corrected chi connectivity index (χ0v) is 15.6. The molecule has 1 atom stereocenters. The average Bonchev–Trinajstić information content (AvgIpc) is 3.34. The Hall–Kier alpha value is -3.88. The Morgan fingerprint density at radius 3 is 2.62 bits per heavy atom. The summed E-state index contributed by atoms with van der Waals surface area (Å²) in [6.07, 6.45) is 4.22. The second kappa shape index (κ2) is 8.42. The van der Waals surface area contributed by atoms with Gasteiger partial charge in [-0.1, -0.05) is 37.3 Å². The number of imide groups is 1. The van der Waals surface area contributed by atoms with Crippen LogP contribution in [0.4, 0.5) is 4.79 Å². The smallest absolute Gasteiger partial charge is 0.344 e. The van der Waals surface area contributed by atoms with Crippen LogP contribution in [0.2, 0.25) is 0 Å². The Labute approximate surface area is 166 Å². The number of amides is 4. The van der Waals surface area contributed by atoms with Gasteiger partial charge in [0.1, 0.15) is 11.3 Å². The van der Waals surface area contributed by atoms with E-state index in [1.165, 1.54) is 12.3 Å². The van der Waals surface area contributed by atoms with Crippen LogP contribution in [0, 0.1) is 0 Å². The molecule has 0 unspecified atom stereocenters. The van der Waals surface area contributed by atoms with E-state index in [9.17, 15) is 19.2 Å². The van der Waals surface area contributed by atoms with Crippen molar-refractivity contribution >= 4 is 29.9 Å². The standard InChI is InChI=1S/C20H19N3O6/c1-2-20(14-7-4-3-5-8-14)18(26)23(19(27)21-20)22-16(24)13-29-17(25)11-10-15-9-6-12-28-15/h3-12H,2,13H2,1H3,(H,21,27)(H,22,24)/b11-10+/t20-/m1/s1. The highest BCUT2D eigenvalue weighted by Crippen LogP contribution is 2.31. The molecule has 0 spiro atoms. The maximum atomic E-state index is 12.9. The van der Waals surface area contributed by atoms with Gasteiger partial charge in [0.15, 0.2) is 6.61 Å². The molecule has 29 heavy (non-hydrogen) atoms. The number of ether oxygens (including phenoxy) is 1. The molecule has 9 heteroatoms. The molecule has 3 rings (SSSR count). The number of nitrogens with zero attached hydrogens (tertiary/aromatic N) is 1. The number of hydrazine groups is 1. The number of hydrogen-bond donors (Lipinski definition) is 2. The molecule has 0 radical (unpaired) electrons. The first-order valence-electron chi connectivity index (χ1n) is 8.86. The van der Waals surface area contributed by atoms with E-state index in [0.29, 0.717) is 22.8 Å². The fraction of sp³-hybridized carbons (Fsp3) is 0.200. The van der Waals surface area contributed by atoms with Crippen LogP contribution < -0.4 is 10.7 Å². The molecule has 4 amide bonds. The Kier molecular flexibility index (Phi) is 5.77. The quantitative estimate of drug-likeness (QED) is 0.417. The van der Waals surface area contributed by atoms with Gasteiger partial charge in [-0.2, -0.15) is 5.01 Å². The number of rotatable bonds is 7. The monoisotopic (exact) mass is 397 g/mol. The summed E-state index contributed by atoms with van der Waals surface area (Å²) in [5.41, 5.74) is 1.51. The topological polar surface area (TPSA) is 118 Å². The third-order valence-corrected chi connectivity index (χ3v) is 4.40. The molecule has 1 aliphatic rings.